The number of para-hydroxylation sites is 4. The van der Waals surface area contributed by atoms with E-state index in [0.29, 0.717) is 86.0 Å². The van der Waals surface area contributed by atoms with Crippen LogP contribution in [0, 0.1) is 33.0 Å². The molecule has 0 bridgehead atoms. The molecule has 0 N–H and O–H groups in total. The molecular formula is C89H111F6NO19S2. The van der Waals surface area contributed by atoms with Gasteiger partial charge >= 0.3 is 49.0 Å². The fraction of sp³-hybridized carbons (Fsp3) is 0.517. The van der Waals surface area contributed by atoms with Crippen molar-refractivity contribution in [3.8, 4) is 17.2 Å². The number of halogens is 6. The number of esters is 3. The Morgan fingerprint density at radius 2 is 0.991 bits per heavy atom. The summed E-state index contributed by atoms with van der Waals surface area (Å²) in [6.45, 7) is 25.3. The van der Waals surface area contributed by atoms with Crippen LogP contribution < -0.4 is 17.9 Å². The maximum atomic E-state index is 12.4. The van der Waals surface area contributed by atoms with E-state index in [0.717, 1.165) is 131 Å². The summed E-state index contributed by atoms with van der Waals surface area (Å²) in [7, 11) is -13.6. The number of ether oxygens (including phenoxy) is 6. The Bertz CT molecular complexity index is 4560. The molecule has 640 valence electrons. The molecule has 117 heavy (non-hydrogen) atoms. The molecule has 9 aliphatic rings. The lowest BCUT2D eigenvalue weighted by Crippen LogP contribution is -2.49. The van der Waals surface area contributed by atoms with Crippen LogP contribution >= 0.6 is 0 Å². The molecule has 6 aliphatic carbocycles. The molecule has 4 aromatic carbocycles. The molecular weight excluding hydrogens is 1570 g/mol. The van der Waals surface area contributed by atoms with Gasteiger partial charge in [0, 0.05) is 30.1 Å². The average molecular weight is 1680 g/mol. The number of carbonyl (C=O) groups is 9. The third-order valence-electron chi connectivity index (χ3n) is 22.7. The number of ketones is 5. The van der Waals surface area contributed by atoms with Gasteiger partial charge in [-0.3, -0.25) is 38.4 Å². The second-order valence-electron chi connectivity index (χ2n) is 31.1. The number of aldehydes is 1. The lowest BCUT2D eigenvalue weighted by atomic mass is 9.71. The topological polar surface area (TPSA) is 281 Å². The molecule has 7 atom stereocenters. The van der Waals surface area contributed by atoms with E-state index in [1.54, 1.807) is 32.9 Å². The maximum absolute atomic E-state index is 12.4. The van der Waals surface area contributed by atoms with Crippen LogP contribution in [0.2, 0.25) is 0 Å². The van der Waals surface area contributed by atoms with Gasteiger partial charge in [-0.25, -0.2) is 0 Å². The number of sulfonamides is 2. The van der Waals surface area contributed by atoms with Gasteiger partial charge in [0.1, 0.15) is 46.4 Å². The molecule has 2 saturated carbocycles. The summed E-state index contributed by atoms with van der Waals surface area (Å²) in [5.41, 5.74) is -7.79. The van der Waals surface area contributed by atoms with Crippen molar-refractivity contribution in [2.45, 2.75) is 235 Å². The van der Waals surface area contributed by atoms with Gasteiger partial charge in [-0.1, -0.05) is 128 Å². The van der Waals surface area contributed by atoms with Crippen molar-refractivity contribution in [3.63, 3.8) is 0 Å². The summed E-state index contributed by atoms with van der Waals surface area (Å²) in [6, 6.07) is 26.1. The van der Waals surface area contributed by atoms with Gasteiger partial charge < -0.3 is 33.2 Å². The monoisotopic (exact) mass is 1680 g/mol. The molecule has 2 unspecified atom stereocenters. The van der Waals surface area contributed by atoms with Crippen LogP contribution in [0.25, 0.3) is 0 Å². The molecule has 2 fully saturated rings. The number of Topliss-reactive ketones (excluding diaryl/α,β-unsaturated/α-hetero) is 5. The summed E-state index contributed by atoms with van der Waals surface area (Å²) in [6.07, 6.45) is 32.0. The Labute approximate surface area is 683 Å². The minimum absolute atomic E-state index is 0.00944. The van der Waals surface area contributed by atoms with E-state index in [1.807, 2.05) is 101 Å². The quantitative estimate of drug-likeness (QED) is 0.0229. The van der Waals surface area contributed by atoms with Crippen LogP contribution in [0.4, 0.5) is 32.0 Å². The maximum Gasteiger partial charge on any atom is 0.517 e. The summed E-state index contributed by atoms with van der Waals surface area (Å²) < 4.78 is 149. The highest BCUT2D eigenvalue weighted by Gasteiger charge is 2.62. The zero-order valence-electron chi connectivity index (χ0n) is 68.9. The molecule has 4 aromatic rings. The molecule has 0 spiro atoms. The number of benzene rings is 4. The second kappa shape index (κ2) is 42.4. The predicted octanol–water partition coefficient (Wildman–Crippen LogP) is 19.9. The number of nitrogens with zero attached hydrogens (tertiary/aromatic N) is 1. The molecule has 0 amide bonds. The number of carbonyl (C=O) groups excluding carboxylic acids is 9. The summed E-state index contributed by atoms with van der Waals surface area (Å²) in [5, 5.41) is 0. The van der Waals surface area contributed by atoms with Gasteiger partial charge in [0.15, 0.2) is 18.5 Å². The van der Waals surface area contributed by atoms with Crippen LogP contribution in [0.5, 0.6) is 17.2 Å². The van der Waals surface area contributed by atoms with Gasteiger partial charge in [-0.2, -0.15) is 43.2 Å². The Kier molecular flexibility index (Phi) is 35.0. The SMILES string of the molecule is CC1=CCCC[C@@]1(C)/C=C1\Oc2ccccc2C1=O.CC1=CCCC[C@@]1(C)C=O.CC1=CCCC[C@@]1(C)CC1Oc2ccccc2C1=O.CCOC(=O)C1CCCCC1=O.CCOC(=O)[C@]1(C)CCCC=C1C.CCOC(=O)[C@]1(C)CCCCC1=O.O=C1COc2ccccc21.O=S(=O)(N(c1ccccc1)S(=O)(=O)C(F)(F)F)C(F)(F)F. The summed E-state index contributed by atoms with van der Waals surface area (Å²) >= 11 is 0. The highest BCUT2D eigenvalue weighted by molar-refractivity contribution is 8.11. The molecule has 3 heterocycles. The van der Waals surface area contributed by atoms with Crippen molar-refractivity contribution < 1.29 is 115 Å². The first-order valence-electron chi connectivity index (χ1n) is 39.8. The second-order valence-corrected chi connectivity index (χ2v) is 34.9. The molecule has 0 saturated heterocycles. The highest BCUT2D eigenvalue weighted by Crippen LogP contribution is 2.46. The Morgan fingerprint density at radius 1 is 0.521 bits per heavy atom. The van der Waals surface area contributed by atoms with E-state index in [9.17, 15) is 86.3 Å². The van der Waals surface area contributed by atoms with Crippen molar-refractivity contribution in [1.29, 1.82) is 0 Å². The van der Waals surface area contributed by atoms with Crippen molar-refractivity contribution in [1.82, 2.24) is 0 Å². The van der Waals surface area contributed by atoms with Crippen LogP contribution in [-0.2, 0) is 63.0 Å². The predicted molar refractivity (Wildman–Crippen MR) is 432 cm³/mol. The van der Waals surface area contributed by atoms with Gasteiger partial charge in [0.05, 0.1) is 47.6 Å². The van der Waals surface area contributed by atoms with E-state index in [-0.39, 0.29) is 81.2 Å². The molecule has 20 nitrogen and oxygen atoms in total. The fourth-order valence-corrected chi connectivity index (χ4v) is 17.2. The Hall–Kier alpha value is -9.31. The van der Waals surface area contributed by atoms with Crippen LogP contribution in [-0.4, -0.2) is 113 Å². The molecule has 28 heteroatoms. The summed E-state index contributed by atoms with van der Waals surface area (Å²) in [5.74, 6) is 1.76. The number of alkyl halides is 6. The van der Waals surface area contributed by atoms with Gasteiger partial charge in [0.2, 0.25) is 17.3 Å². The zero-order chi connectivity index (χ0) is 87.0. The van der Waals surface area contributed by atoms with Gasteiger partial charge in [-0.15, -0.1) is 3.71 Å². The normalized spacial score (nSPS) is 24.7. The Morgan fingerprint density at radius 3 is 1.48 bits per heavy atom. The lowest BCUT2D eigenvalue weighted by molar-refractivity contribution is -0.161. The van der Waals surface area contributed by atoms with Crippen molar-refractivity contribution in [3.05, 3.63) is 178 Å². The van der Waals surface area contributed by atoms with E-state index in [1.165, 1.54) is 36.0 Å². The lowest BCUT2D eigenvalue weighted by Gasteiger charge is -2.35. The van der Waals surface area contributed by atoms with Crippen molar-refractivity contribution >= 4 is 78.8 Å². The third-order valence-corrected chi connectivity index (χ3v) is 26.4. The van der Waals surface area contributed by atoms with Crippen molar-refractivity contribution in [2.75, 3.05) is 30.1 Å². The standard InChI is InChI=1S/C17H20O2.C17H18O2.C11H18O2.C10H16O3.C9H14O3.C9H14O.C8H5F6NO4S2.C8H6O2/c2*1-12-7-5-6-10-17(12,2)11-15-16(18)13-8-3-4-9-14(13)19-15;1-4-13-10(12)11(3)8-6-5-7-9(11)2;1-3-13-9(12)10(2)7-5-4-6-8(10)11;1-2-12-9(11)7-5-3-4-6-8(7)10;1-8-5-3-4-6-9(8,2)7-10;9-7(10,11)20(16,17)15(6-4-2-1-3-5-6)21(18,19)8(12,13)14;9-7-5-10-8-4-2-1-3-6(7)8/h3-4,7-9,15H,5-6,10-11H2,1-2H3;3-4,7-9,11H,5-6,10H2,1-2H3;7H,4-6,8H2,1-3H3;3-7H2,1-2H3;7H,2-6H2,1H3;5,7H,3-4,6H2,1-2H3;1-5H;1-4H,5H2/b;15-11-;;;;;;/t15?,17-;17-;11-;10-;;9-;;/m0011.0../s1. The van der Waals surface area contributed by atoms with Crippen LogP contribution in [0.3, 0.4) is 0 Å². The van der Waals surface area contributed by atoms with E-state index in [2.05, 4.69) is 52.0 Å². The van der Waals surface area contributed by atoms with Crippen molar-refractivity contribution in [2.24, 2.45) is 33.0 Å². The molecule has 0 radical (unpaired) electrons. The number of hydrogen-bond donors (Lipinski definition) is 0. The number of anilines is 1. The molecule has 0 aromatic heterocycles. The van der Waals surface area contributed by atoms with E-state index < -0.39 is 51.8 Å². The minimum Gasteiger partial charge on any atom is -0.485 e. The first-order valence-corrected chi connectivity index (χ1v) is 42.6. The van der Waals surface area contributed by atoms with Gasteiger partial charge in [0.25, 0.3) is 0 Å². The van der Waals surface area contributed by atoms with E-state index in [4.69, 9.17) is 28.4 Å². The first-order chi connectivity index (χ1) is 55.0. The smallest absolute Gasteiger partial charge is 0.485 e. The summed E-state index contributed by atoms with van der Waals surface area (Å²) in [4.78, 5) is 103. The average Bonchev–Trinajstić information content (AvgIpc) is 1.66. The first kappa shape index (κ1) is 96.5. The van der Waals surface area contributed by atoms with Crippen LogP contribution in [0.1, 0.15) is 249 Å². The molecule has 13 rings (SSSR count). The fourth-order valence-electron chi connectivity index (χ4n) is 14.5. The number of rotatable bonds is 13. The van der Waals surface area contributed by atoms with E-state index >= 15 is 0 Å². The molecule has 3 aliphatic heterocycles. The minimum atomic E-state index is -6.81. The zero-order valence-corrected chi connectivity index (χ0v) is 70.5. The van der Waals surface area contributed by atoms with Gasteiger partial charge in [-0.05, 0) is 232 Å². The largest absolute Gasteiger partial charge is 0.517 e. The number of allylic oxidation sites excluding steroid dienone is 9. The Balaban J connectivity index is 0.000000211. The highest BCUT2D eigenvalue weighted by atomic mass is 32.3. The third kappa shape index (κ3) is 24.7. The number of fused-ring (bicyclic) bond motifs is 3. The van der Waals surface area contributed by atoms with Crippen LogP contribution in [0.15, 0.2) is 162 Å². The number of hydrogen-bond acceptors (Lipinski definition) is 19.